The van der Waals surface area contributed by atoms with Crippen LogP contribution in [0.4, 0.5) is 11.4 Å². The van der Waals surface area contributed by atoms with E-state index in [2.05, 4.69) is 5.32 Å². The van der Waals surface area contributed by atoms with Gasteiger partial charge in [0, 0.05) is 10.6 Å². The summed E-state index contributed by atoms with van der Waals surface area (Å²) in [6.07, 6.45) is 2.02. The summed E-state index contributed by atoms with van der Waals surface area (Å²) in [6, 6.07) is 14.7. The largest absolute Gasteiger partial charge is 0.478 e. The number of carboxylic acid groups (broad SMARTS) is 1. The van der Waals surface area contributed by atoms with E-state index in [9.17, 15) is 4.79 Å². The lowest BCUT2D eigenvalue weighted by Gasteiger charge is -2.09. The fourth-order valence-electron chi connectivity index (χ4n) is 1.61. The predicted molar refractivity (Wildman–Crippen MR) is 74.9 cm³/mol. The first-order valence-corrected chi connectivity index (χ1v) is 6.66. The molecule has 0 unspecified atom stereocenters. The van der Waals surface area contributed by atoms with E-state index >= 15 is 0 Å². The number of para-hydroxylation sites is 1. The molecule has 92 valence electrons. The van der Waals surface area contributed by atoms with E-state index in [1.807, 2.05) is 36.6 Å². The smallest absolute Gasteiger partial charge is 0.337 e. The van der Waals surface area contributed by atoms with Crippen LogP contribution in [0.3, 0.4) is 0 Å². The van der Waals surface area contributed by atoms with Crippen LogP contribution in [-0.2, 0) is 0 Å². The summed E-state index contributed by atoms with van der Waals surface area (Å²) in [4.78, 5) is 12.2. The van der Waals surface area contributed by atoms with Gasteiger partial charge in [-0.25, -0.2) is 4.79 Å². The zero-order valence-electron chi connectivity index (χ0n) is 9.88. The first kappa shape index (κ1) is 12.5. The lowest BCUT2D eigenvalue weighted by atomic mass is 10.1. The highest BCUT2D eigenvalue weighted by molar-refractivity contribution is 7.98. The Balaban J connectivity index is 2.25. The molecule has 0 spiro atoms. The topological polar surface area (TPSA) is 49.3 Å². The van der Waals surface area contributed by atoms with Crippen LogP contribution in [-0.4, -0.2) is 17.3 Å². The van der Waals surface area contributed by atoms with Gasteiger partial charge >= 0.3 is 5.97 Å². The Morgan fingerprint density at radius 2 is 1.78 bits per heavy atom. The minimum absolute atomic E-state index is 0.270. The van der Waals surface area contributed by atoms with E-state index in [0.717, 1.165) is 5.69 Å². The number of rotatable bonds is 4. The molecule has 2 rings (SSSR count). The molecule has 2 aromatic carbocycles. The summed E-state index contributed by atoms with van der Waals surface area (Å²) >= 11 is 1.67. The molecule has 0 aliphatic carbocycles. The molecule has 2 aromatic rings. The number of nitrogens with one attached hydrogen (secondary N) is 1. The molecule has 0 bridgehead atoms. The van der Waals surface area contributed by atoms with Crippen LogP contribution in [0, 0.1) is 0 Å². The fraction of sp³-hybridized carbons (Fsp3) is 0.0714. The molecule has 18 heavy (non-hydrogen) atoms. The molecule has 4 heteroatoms. The molecule has 0 aromatic heterocycles. The number of benzene rings is 2. The third-order valence-electron chi connectivity index (χ3n) is 2.53. The van der Waals surface area contributed by atoms with Crippen molar-refractivity contribution in [2.24, 2.45) is 0 Å². The third kappa shape index (κ3) is 2.84. The van der Waals surface area contributed by atoms with Crippen molar-refractivity contribution in [3.63, 3.8) is 0 Å². The Hall–Kier alpha value is -1.94. The van der Waals surface area contributed by atoms with Gasteiger partial charge in [-0.1, -0.05) is 12.1 Å². The van der Waals surface area contributed by atoms with E-state index in [-0.39, 0.29) is 5.56 Å². The van der Waals surface area contributed by atoms with Crippen LogP contribution in [0.2, 0.25) is 0 Å². The van der Waals surface area contributed by atoms with Crippen LogP contribution in [0.5, 0.6) is 0 Å². The summed E-state index contributed by atoms with van der Waals surface area (Å²) in [5.41, 5.74) is 1.75. The third-order valence-corrected chi connectivity index (χ3v) is 3.27. The van der Waals surface area contributed by atoms with E-state index in [1.165, 1.54) is 4.90 Å². The molecule has 3 nitrogen and oxygen atoms in total. The molecular weight excluding hydrogens is 246 g/mol. The Labute approximate surface area is 110 Å². The second-order valence-corrected chi connectivity index (χ2v) is 4.58. The molecule has 0 saturated heterocycles. The second kappa shape index (κ2) is 5.60. The van der Waals surface area contributed by atoms with Crippen LogP contribution < -0.4 is 5.32 Å². The van der Waals surface area contributed by atoms with Crippen molar-refractivity contribution in [1.29, 1.82) is 0 Å². The zero-order valence-corrected chi connectivity index (χ0v) is 10.7. The monoisotopic (exact) mass is 259 g/mol. The van der Waals surface area contributed by atoms with Crippen molar-refractivity contribution < 1.29 is 9.90 Å². The summed E-state index contributed by atoms with van der Waals surface area (Å²) in [6.45, 7) is 0. The molecule has 0 radical (unpaired) electrons. The number of aromatic carboxylic acids is 1. The van der Waals surface area contributed by atoms with Gasteiger partial charge in [-0.3, -0.25) is 0 Å². The van der Waals surface area contributed by atoms with Crippen molar-refractivity contribution in [3.8, 4) is 0 Å². The molecule has 2 N–H and O–H groups in total. The minimum atomic E-state index is -0.932. The molecular formula is C14H13NO2S. The molecule has 0 fully saturated rings. The van der Waals surface area contributed by atoms with Crippen molar-refractivity contribution in [2.45, 2.75) is 4.90 Å². The van der Waals surface area contributed by atoms with Crippen LogP contribution >= 0.6 is 11.8 Å². The maximum absolute atomic E-state index is 11.1. The Kier molecular flexibility index (Phi) is 3.89. The summed E-state index contributed by atoms with van der Waals surface area (Å²) in [5, 5.41) is 12.2. The lowest BCUT2D eigenvalue weighted by molar-refractivity contribution is 0.0698. The van der Waals surface area contributed by atoms with Gasteiger partial charge in [-0.05, 0) is 42.7 Å². The summed E-state index contributed by atoms with van der Waals surface area (Å²) in [5.74, 6) is -0.932. The van der Waals surface area contributed by atoms with Crippen LogP contribution in [0.15, 0.2) is 53.4 Å². The number of carbonyl (C=O) groups is 1. The van der Waals surface area contributed by atoms with Gasteiger partial charge in [0.1, 0.15) is 0 Å². The van der Waals surface area contributed by atoms with E-state index in [1.54, 1.807) is 30.0 Å². The van der Waals surface area contributed by atoms with Gasteiger partial charge in [0.15, 0.2) is 0 Å². The van der Waals surface area contributed by atoms with Crippen molar-refractivity contribution >= 4 is 29.1 Å². The number of hydrogen-bond acceptors (Lipinski definition) is 3. The average molecular weight is 259 g/mol. The van der Waals surface area contributed by atoms with Gasteiger partial charge < -0.3 is 10.4 Å². The highest BCUT2D eigenvalue weighted by Gasteiger charge is 2.08. The second-order valence-electron chi connectivity index (χ2n) is 3.70. The standard InChI is InChI=1S/C14H13NO2S/c1-18-11-8-6-10(7-9-11)15-13-5-3-2-4-12(13)14(16)17/h2-9,15H,1H3,(H,16,17). The van der Waals surface area contributed by atoms with Crippen molar-refractivity contribution in [1.82, 2.24) is 0 Å². The van der Waals surface area contributed by atoms with Gasteiger partial charge in [0.05, 0.1) is 11.3 Å². The zero-order chi connectivity index (χ0) is 13.0. The van der Waals surface area contributed by atoms with E-state index in [4.69, 9.17) is 5.11 Å². The Bertz CT molecular complexity index is 552. The highest BCUT2D eigenvalue weighted by Crippen LogP contribution is 2.23. The first-order chi connectivity index (χ1) is 8.70. The number of thioether (sulfide) groups is 1. The van der Waals surface area contributed by atoms with Gasteiger partial charge in [0.25, 0.3) is 0 Å². The molecule has 0 aliphatic heterocycles. The molecule has 0 saturated carbocycles. The molecule has 0 amide bonds. The number of anilines is 2. The molecule has 0 heterocycles. The maximum atomic E-state index is 11.1. The van der Waals surface area contributed by atoms with E-state index < -0.39 is 5.97 Å². The quantitative estimate of drug-likeness (QED) is 0.819. The van der Waals surface area contributed by atoms with Crippen molar-refractivity contribution in [3.05, 3.63) is 54.1 Å². The fourth-order valence-corrected chi connectivity index (χ4v) is 2.02. The Morgan fingerprint density at radius 1 is 1.11 bits per heavy atom. The Morgan fingerprint density at radius 3 is 2.39 bits per heavy atom. The average Bonchev–Trinajstić information content (AvgIpc) is 2.40. The number of hydrogen-bond donors (Lipinski definition) is 2. The van der Waals surface area contributed by atoms with Gasteiger partial charge in [-0.2, -0.15) is 0 Å². The SMILES string of the molecule is CSc1ccc(Nc2ccccc2C(=O)O)cc1. The minimum Gasteiger partial charge on any atom is -0.478 e. The van der Waals surface area contributed by atoms with Crippen molar-refractivity contribution in [2.75, 3.05) is 11.6 Å². The first-order valence-electron chi connectivity index (χ1n) is 5.44. The predicted octanol–water partition coefficient (Wildman–Crippen LogP) is 3.85. The molecule has 0 aliphatic rings. The summed E-state index contributed by atoms with van der Waals surface area (Å²) < 4.78 is 0. The normalized spacial score (nSPS) is 10.1. The van der Waals surface area contributed by atoms with Gasteiger partial charge in [0.2, 0.25) is 0 Å². The summed E-state index contributed by atoms with van der Waals surface area (Å²) in [7, 11) is 0. The lowest BCUT2D eigenvalue weighted by Crippen LogP contribution is -2.02. The highest BCUT2D eigenvalue weighted by atomic mass is 32.2. The van der Waals surface area contributed by atoms with E-state index in [0.29, 0.717) is 5.69 Å². The van der Waals surface area contributed by atoms with Crippen LogP contribution in [0.1, 0.15) is 10.4 Å². The van der Waals surface area contributed by atoms with Gasteiger partial charge in [-0.15, -0.1) is 11.8 Å². The molecule has 0 atom stereocenters. The number of carboxylic acids is 1. The van der Waals surface area contributed by atoms with Crippen LogP contribution in [0.25, 0.3) is 0 Å². The maximum Gasteiger partial charge on any atom is 0.337 e.